The molecule has 2 aromatic rings. The van der Waals surface area contributed by atoms with Crippen LogP contribution in [0.5, 0.6) is 11.5 Å². The van der Waals surface area contributed by atoms with E-state index < -0.39 is 0 Å². The normalized spacial score (nSPS) is 16.4. The van der Waals surface area contributed by atoms with Gasteiger partial charge in [-0.15, -0.1) is 0 Å². The fourth-order valence-corrected chi connectivity index (χ4v) is 3.81. The minimum absolute atomic E-state index is 0.313. The monoisotopic (exact) mass is 403 g/mol. The molecule has 0 aromatic heterocycles. The highest BCUT2D eigenvalue weighted by molar-refractivity contribution is 7.80. The Morgan fingerprint density at radius 1 is 1.11 bits per heavy atom. The lowest BCUT2D eigenvalue weighted by atomic mass is 10.1. The molecule has 0 spiro atoms. The molecule has 0 bridgehead atoms. The van der Waals surface area contributed by atoms with Crippen LogP contribution < -0.4 is 14.8 Å². The Morgan fingerprint density at radius 2 is 1.89 bits per heavy atom. The van der Waals surface area contributed by atoms with E-state index in [0.29, 0.717) is 6.79 Å². The molecule has 4 rings (SSSR count). The third kappa shape index (κ3) is 4.13. The largest absolute Gasteiger partial charge is 0.454 e. The van der Waals surface area contributed by atoms with Gasteiger partial charge in [0.2, 0.25) is 6.79 Å². The van der Waals surface area contributed by atoms with E-state index >= 15 is 0 Å². The van der Waals surface area contributed by atoms with Gasteiger partial charge >= 0.3 is 0 Å². The minimum Gasteiger partial charge on any atom is -0.454 e. The molecule has 1 saturated heterocycles. The Morgan fingerprint density at radius 3 is 2.70 bits per heavy atom. The molecule has 2 aliphatic rings. The number of nitrogens with one attached hydrogen (secondary N) is 1. The van der Waals surface area contributed by atoms with Crippen molar-refractivity contribution in [3.8, 4) is 11.5 Å². The molecule has 5 nitrogen and oxygen atoms in total. The van der Waals surface area contributed by atoms with Crippen LogP contribution in [0.2, 0.25) is 5.02 Å². The van der Waals surface area contributed by atoms with E-state index in [1.165, 1.54) is 5.56 Å². The summed E-state index contributed by atoms with van der Waals surface area (Å²) in [5.74, 6) is 1.67. The second kappa shape index (κ2) is 7.92. The van der Waals surface area contributed by atoms with Crippen LogP contribution in [0.3, 0.4) is 0 Å². The van der Waals surface area contributed by atoms with E-state index in [2.05, 4.69) is 27.2 Å². The van der Waals surface area contributed by atoms with Gasteiger partial charge in [0.1, 0.15) is 0 Å². The third-order valence-electron chi connectivity index (χ3n) is 5.01. The first-order valence-corrected chi connectivity index (χ1v) is 9.81. The second-order valence-corrected chi connectivity index (χ2v) is 7.59. The van der Waals surface area contributed by atoms with Crippen molar-refractivity contribution in [2.75, 3.05) is 38.3 Å². The summed E-state index contributed by atoms with van der Waals surface area (Å²) in [5, 5.41) is 4.84. The van der Waals surface area contributed by atoms with Gasteiger partial charge in [0.15, 0.2) is 16.6 Å². The maximum absolute atomic E-state index is 6.19. The first-order valence-electron chi connectivity index (χ1n) is 9.02. The Balaban J connectivity index is 1.31. The molecular weight excluding hydrogens is 382 g/mol. The molecule has 1 fully saturated rings. The van der Waals surface area contributed by atoms with Crippen molar-refractivity contribution in [1.29, 1.82) is 0 Å². The summed E-state index contributed by atoms with van der Waals surface area (Å²) in [6.45, 7) is 6.93. The van der Waals surface area contributed by atoms with E-state index in [4.69, 9.17) is 33.3 Å². The van der Waals surface area contributed by atoms with Gasteiger partial charge in [-0.05, 0) is 54.5 Å². The smallest absolute Gasteiger partial charge is 0.231 e. The summed E-state index contributed by atoms with van der Waals surface area (Å²) in [6.07, 6.45) is 0. The number of thiocarbonyl (C=S) groups is 1. The van der Waals surface area contributed by atoms with E-state index in [0.717, 1.165) is 65.6 Å². The van der Waals surface area contributed by atoms with Crippen LogP contribution in [0.4, 0.5) is 5.69 Å². The third-order valence-corrected chi connectivity index (χ3v) is 5.78. The van der Waals surface area contributed by atoms with Crippen LogP contribution in [-0.2, 0) is 6.54 Å². The van der Waals surface area contributed by atoms with Crippen molar-refractivity contribution < 1.29 is 9.47 Å². The zero-order valence-corrected chi connectivity index (χ0v) is 16.8. The van der Waals surface area contributed by atoms with Crippen molar-refractivity contribution in [2.45, 2.75) is 13.5 Å². The number of halogens is 1. The van der Waals surface area contributed by atoms with Crippen molar-refractivity contribution in [2.24, 2.45) is 0 Å². The summed E-state index contributed by atoms with van der Waals surface area (Å²) < 4.78 is 10.8. The van der Waals surface area contributed by atoms with Gasteiger partial charge < -0.3 is 19.7 Å². The number of piperazine rings is 1. The number of rotatable bonds is 3. The van der Waals surface area contributed by atoms with Crippen molar-refractivity contribution in [3.63, 3.8) is 0 Å². The molecule has 2 heterocycles. The summed E-state index contributed by atoms with van der Waals surface area (Å²) in [7, 11) is 0. The van der Waals surface area contributed by atoms with Gasteiger partial charge in [0, 0.05) is 43.4 Å². The molecule has 0 aliphatic carbocycles. The summed E-state index contributed by atoms with van der Waals surface area (Å²) in [5.41, 5.74) is 3.22. The average Bonchev–Trinajstić information content (AvgIpc) is 3.14. The lowest BCUT2D eigenvalue weighted by molar-refractivity contribution is 0.173. The standard InChI is InChI=1S/C20H22ClN3O2S/c1-14-16(21)3-2-4-17(14)22-20(27)24-9-7-23(8-10-24)12-15-5-6-18-19(11-15)26-13-25-18/h2-6,11H,7-10,12-13H2,1H3,(H,22,27). The van der Waals surface area contributed by atoms with Crippen LogP contribution in [0.15, 0.2) is 36.4 Å². The number of anilines is 1. The highest BCUT2D eigenvalue weighted by atomic mass is 35.5. The van der Waals surface area contributed by atoms with Crippen LogP contribution in [0, 0.1) is 6.92 Å². The number of ether oxygens (including phenoxy) is 2. The highest BCUT2D eigenvalue weighted by Gasteiger charge is 2.20. The number of benzene rings is 2. The van der Waals surface area contributed by atoms with Crippen molar-refractivity contribution in [3.05, 3.63) is 52.5 Å². The quantitative estimate of drug-likeness (QED) is 0.783. The zero-order chi connectivity index (χ0) is 18.8. The molecule has 2 aliphatic heterocycles. The number of hydrogen-bond acceptors (Lipinski definition) is 4. The van der Waals surface area contributed by atoms with E-state index in [9.17, 15) is 0 Å². The fraction of sp³-hybridized carbons (Fsp3) is 0.350. The number of hydrogen-bond donors (Lipinski definition) is 1. The average molecular weight is 404 g/mol. The van der Waals surface area contributed by atoms with Gasteiger partial charge in [-0.2, -0.15) is 0 Å². The number of fused-ring (bicyclic) bond motifs is 1. The van der Waals surface area contributed by atoms with Crippen LogP contribution in [0.25, 0.3) is 0 Å². The molecule has 0 unspecified atom stereocenters. The Labute approximate surface area is 169 Å². The van der Waals surface area contributed by atoms with Crippen molar-refractivity contribution >= 4 is 34.6 Å². The van der Waals surface area contributed by atoms with Crippen LogP contribution in [0.1, 0.15) is 11.1 Å². The predicted octanol–water partition coefficient (Wildman–Crippen LogP) is 3.89. The lowest BCUT2D eigenvalue weighted by Gasteiger charge is -2.36. The summed E-state index contributed by atoms with van der Waals surface area (Å²) in [6, 6.07) is 12.0. The number of nitrogens with zero attached hydrogens (tertiary/aromatic N) is 2. The molecule has 0 amide bonds. The lowest BCUT2D eigenvalue weighted by Crippen LogP contribution is -2.49. The molecule has 27 heavy (non-hydrogen) atoms. The predicted molar refractivity (Wildman–Crippen MR) is 112 cm³/mol. The van der Waals surface area contributed by atoms with Gasteiger partial charge in [-0.3, -0.25) is 4.90 Å². The molecule has 0 radical (unpaired) electrons. The molecule has 0 atom stereocenters. The SMILES string of the molecule is Cc1c(Cl)cccc1NC(=S)N1CCN(Cc2ccc3c(c2)OCO3)CC1. The van der Waals surface area contributed by atoms with Gasteiger partial charge in [0.25, 0.3) is 0 Å². The molecular formula is C20H22ClN3O2S. The van der Waals surface area contributed by atoms with Gasteiger partial charge in [-0.1, -0.05) is 23.7 Å². The minimum atomic E-state index is 0.313. The van der Waals surface area contributed by atoms with Crippen LogP contribution in [-0.4, -0.2) is 47.9 Å². The Bertz CT molecular complexity index is 853. The van der Waals surface area contributed by atoms with E-state index in [-0.39, 0.29) is 0 Å². The first-order chi connectivity index (χ1) is 13.1. The van der Waals surface area contributed by atoms with Gasteiger partial charge in [-0.25, -0.2) is 0 Å². The van der Waals surface area contributed by atoms with Crippen LogP contribution >= 0.6 is 23.8 Å². The van der Waals surface area contributed by atoms with E-state index in [1.807, 2.05) is 31.2 Å². The maximum atomic E-state index is 6.19. The van der Waals surface area contributed by atoms with Gasteiger partial charge in [0.05, 0.1) is 0 Å². The topological polar surface area (TPSA) is 37.0 Å². The summed E-state index contributed by atoms with van der Waals surface area (Å²) >= 11 is 11.8. The highest BCUT2D eigenvalue weighted by Crippen LogP contribution is 2.33. The molecule has 0 saturated carbocycles. The fourth-order valence-electron chi connectivity index (χ4n) is 3.34. The second-order valence-electron chi connectivity index (χ2n) is 6.79. The zero-order valence-electron chi connectivity index (χ0n) is 15.2. The van der Waals surface area contributed by atoms with Crippen molar-refractivity contribution in [1.82, 2.24) is 9.80 Å². The molecule has 1 N–H and O–H groups in total. The molecule has 7 heteroatoms. The van der Waals surface area contributed by atoms with E-state index in [1.54, 1.807) is 0 Å². The Kier molecular flexibility index (Phi) is 5.38. The molecule has 142 valence electrons. The first kappa shape index (κ1) is 18.3. The Hall–Kier alpha value is -2.02. The molecule has 2 aromatic carbocycles. The summed E-state index contributed by atoms with van der Waals surface area (Å²) in [4.78, 5) is 4.65. The maximum Gasteiger partial charge on any atom is 0.231 e.